The SMILES string of the molecule is CC[C@H](C)[C@@H](CO)NC(=O)c1csc(N2CC(SC3=C(C(=O)O)N4C(=O)[C@H]([C@@H](C)O)[C@H]4[C@H]3C)C2)n1. The number of β-lactam (4-membered cyclic amide) rings is 1. The Bertz CT molecular complexity index is 1040. The van der Waals surface area contributed by atoms with E-state index in [4.69, 9.17) is 0 Å². The minimum Gasteiger partial charge on any atom is -0.477 e. The first-order valence-electron chi connectivity index (χ1n) is 11.9. The average Bonchev–Trinajstić information content (AvgIpc) is 3.35. The van der Waals surface area contributed by atoms with Crippen LogP contribution >= 0.6 is 23.1 Å². The Hall–Kier alpha value is -2.15. The van der Waals surface area contributed by atoms with Crippen molar-refractivity contribution in [2.75, 3.05) is 24.6 Å². The Morgan fingerprint density at radius 2 is 2.03 bits per heavy atom. The number of thiazole rings is 1. The first-order valence-corrected chi connectivity index (χ1v) is 13.6. The van der Waals surface area contributed by atoms with Gasteiger partial charge in [-0.25, -0.2) is 9.78 Å². The Kier molecular flexibility index (Phi) is 7.46. The van der Waals surface area contributed by atoms with Crippen LogP contribution in [0.25, 0.3) is 0 Å². The third-order valence-corrected chi connectivity index (χ3v) is 9.64. The zero-order chi connectivity index (χ0) is 25.6. The van der Waals surface area contributed by atoms with Gasteiger partial charge in [0.25, 0.3) is 5.91 Å². The van der Waals surface area contributed by atoms with Gasteiger partial charge in [0.2, 0.25) is 5.91 Å². The van der Waals surface area contributed by atoms with Crippen molar-refractivity contribution in [1.29, 1.82) is 0 Å². The van der Waals surface area contributed by atoms with E-state index in [-0.39, 0.29) is 53.3 Å². The Morgan fingerprint density at radius 3 is 2.60 bits per heavy atom. The number of fused-ring (bicyclic) bond motifs is 1. The fourth-order valence-electron chi connectivity index (χ4n) is 4.94. The number of nitrogens with one attached hydrogen (secondary N) is 1. The molecule has 0 aliphatic carbocycles. The highest BCUT2D eigenvalue weighted by Gasteiger charge is 2.60. The van der Waals surface area contributed by atoms with Gasteiger partial charge in [-0.2, -0.15) is 0 Å². The minimum atomic E-state index is -1.12. The molecule has 0 spiro atoms. The summed E-state index contributed by atoms with van der Waals surface area (Å²) in [6, 6.07) is -0.635. The molecule has 10 nitrogen and oxygen atoms in total. The smallest absolute Gasteiger partial charge is 0.353 e. The van der Waals surface area contributed by atoms with Gasteiger partial charge in [0.05, 0.1) is 30.7 Å². The van der Waals surface area contributed by atoms with Gasteiger partial charge in [-0.15, -0.1) is 23.1 Å². The van der Waals surface area contributed by atoms with Crippen LogP contribution in [0.2, 0.25) is 0 Å². The number of aliphatic carboxylic acids is 1. The van der Waals surface area contributed by atoms with Gasteiger partial charge in [0, 0.05) is 34.5 Å². The summed E-state index contributed by atoms with van der Waals surface area (Å²) in [5.74, 6) is -2.33. The molecule has 0 saturated carbocycles. The number of thioether (sulfide) groups is 1. The zero-order valence-corrected chi connectivity index (χ0v) is 21.8. The highest BCUT2D eigenvalue weighted by molar-refractivity contribution is 8.03. The van der Waals surface area contributed by atoms with E-state index >= 15 is 0 Å². The summed E-state index contributed by atoms with van der Waals surface area (Å²) >= 11 is 2.85. The van der Waals surface area contributed by atoms with Crippen LogP contribution < -0.4 is 10.2 Å². The second-order valence-corrected chi connectivity index (χ2v) is 11.8. The molecule has 4 N–H and O–H groups in total. The molecule has 1 aromatic rings. The Morgan fingerprint density at radius 1 is 1.34 bits per heavy atom. The first-order chi connectivity index (χ1) is 16.6. The van der Waals surface area contributed by atoms with Crippen LogP contribution in [0.3, 0.4) is 0 Å². The summed E-state index contributed by atoms with van der Waals surface area (Å²) in [5.41, 5.74) is 0.357. The van der Waals surface area contributed by atoms with Crippen LogP contribution in [0.4, 0.5) is 5.13 Å². The fourth-order valence-corrected chi connectivity index (χ4v) is 7.28. The molecule has 3 aliphatic heterocycles. The largest absolute Gasteiger partial charge is 0.477 e. The third-order valence-electron chi connectivity index (χ3n) is 7.29. The van der Waals surface area contributed by atoms with Crippen molar-refractivity contribution < 1.29 is 29.7 Å². The molecule has 0 aromatic carbocycles. The van der Waals surface area contributed by atoms with E-state index in [1.54, 1.807) is 12.3 Å². The van der Waals surface area contributed by atoms with E-state index in [9.17, 15) is 29.7 Å². The quantitative estimate of drug-likeness (QED) is 0.334. The Labute approximate surface area is 212 Å². The molecule has 2 fully saturated rings. The standard InChI is InChI=1S/C23H32N4O6S2/c1-5-10(2)14(8-28)24-20(30)15-9-34-23(25-15)26-6-13(7-26)35-19-11(3)17-16(12(4)29)21(31)27(17)18(19)22(32)33/h9-14,16-17,28-29H,5-8H2,1-4H3,(H,24,30)(H,32,33)/t10-,11+,12+,14+,16+,17+/m0/s1. The lowest BCUT2D eigenvalue weighted by Gasteiger charge is -2.46. The van der Waals surface area contributed by atoms with E-state index in [0.717, 1.165) is 11.6 Å². The van der Waals surface area contributed by atoms with Gasteiger partial charge >= 0.3 is 5.97 Å². The lowest BCUT2D eigenvalue weighted by Crippen LogP contribution is -2.63. The number of carboxylic acids is 1. The molecule has 35 heavy (non-hydrogen) atoms. The van der Waals surface area contributed by atoms with Crippen molar-refractivity contribution in [1.82, 2.24) is 15.2 Å². The number of anilines is 1. The highest BCUT2D eigenvalue weighted by atomic mass is 32.2. The molecule has 3 aliphatic rings. The normalized spacial score (nSPS) is 26.7. The summed E-state index contributed by atoms with van der Waals surface area (Å²) in [6.45, 7) is 8.63. The number of aliphatic hydroxyl groups is 2. The second-order valence-electron chi connectivity index (χ2n) is 9.58. The minimum absolute atomic E-state index is 0.0424. The summed E-state index contributed by atoms with van der Waals surface area (Å²) in [6.07, 6.45) is 0.0185. The maximum absolute atomic E-state index is 12.6. The predicted octanol–water partition coefficient (Wildman–Crippen LogP) is 1.36. The van der Waals surface area contributed by atoms with Gasteiger partial charge in [0.1, 0.15) is 11.4 Å². The molecule has 2 amide bonds. The number of carboxylic acid groups (broad SMARTS) is 1. The lowest BCUT2D eigenvalue weighted by molar-refractivity contribution is -0.163. The topological polar surface area (TPSA) is 143 Å². The first kappa shape index (κ1) is 25.9. The van der Waals surface area contributed by atoms with Crippen molar-refractivity contribution in [3.63, 3.8) is 0 Å². The number of hydrogen-bond acceptors (Lipinski definition) is 9. The summed E-state index contributed by atoms with van der Waals surface area (Å²) < 4.78 is 0. The predicted molar refractivity (Wildman–Crippen MR) is 133 cm³/mol. The third kappa shape index (κ3) is 4.56. The highest BCUT2D eigenvalue weighted by Crippen LogP contribution is 2.52. The number of amides is 2. The number of carbonyl (C=O) groups is 3. The van der Waals surface area contributed by atoms with Crippen LogP contribution in [0.15, 0.2) is 16.0 Å². The average molecular weight is 525 g/mol. The zero-order valence-electron chi connectivity index (χ0n) is 20.2. The van der Waals surface area contributed by atoms with Crippen LogP contribution in [-0.4, -0.2) is 86.1 Å². The number of aliphatic hydroxyl groups excluding tert-OH is 2. The molecule has 0 unspecified atom stereocenters. The van der Waals surface area contributed by atoms with Crippen molar-refractivity contribution in [3.8, 4) is 0 Å². The van der Waals surface area contributed by atoms with E-state index in [1.807, 2.05) is 25.7 Å². The molecule has 4 heterocycles. The van der Waals surface area contributed by atoms with Gasteiger partial charge in [-0.3, -0.25) is 9.59 Å². The fraction of sp³-hybridized carbons (Fsp3) is 0.652. The van der Waals surface area contributed by atoms with Gasteiger partial charge in [-0.1, -0.05) is 27.2 Å². The molecule has 0 bridgehead atoms. The maximum Gasteiger partial charge on any atom is 0.353 e. The molecule has 192 valence electrons. The Balaban J connectivity index is 1.37. The van der Waals surface area contributed by atoms with E-state index in [1.165, 1.54) is 28.0 Å². The molecule has 1 aromatic heterocycles. The summed E-state index contributed by atoms with van der Waals surface area (Å²) in [4.78, 5) is 45.5. The number of aromatic nitrogens is 1. The monoisotopic (exact) mass is 524 g/mol. The second kappa shape index (κ2) is 10.1. The van der Waals surface area contributed by atoms with Crippen LogP contribution in [0, 0.1) is 17.8 Å². The molecule has 0 radical (unpaired) electrons. The van der Waals surface area contributed by atoms with Crippen molar-refractivity contribution in [2.45, 2.75) is 57.6 Å². The summed E-state index contributed by atoms with van der Waals surface area (Å²) in [7, 11) is 0. The van der Waals surface area contributed by atoms with Crippen LogP contribution in [0.5, 0.6) is 0 Å². The van der Waals surface area contributed by atoms with Gasteiger partial charge in [-0.05, 0) is 12.8 Å². The van der Waals surface area contributed by atoms with Gasteiger partial charge in [0.15, 0.2) is 5.13 Å². The van der Waals surface area contributed by atoms with Crippen molar-refractivity contribution in [2.24, 2.45) is 17.8 Å². The number of nitrogens with zero attached hydrogens (tertiary/aromatic N) is 3. The molecular weight excluding hydrogens is 492 g/mol. The molecule has 4 rings (SSSR count). The molecular formula is C23H32N4O6S2. The van der Waals surface area contributed by atoms with Crippen molar-refractivity contribution >= 4 is 46.0 Å². The number of carbonyl (C=O) groups excluding carboxylic acids is 2. The van der Waals surface area contributed by atoms with E-state index in [0.29, 0.717) is 23.7 Å². The molecule has 12 heteroatoms. The number of rotatable bonds is 10. The molecule has 6 atom stereocenters. The summed E-state index contributed by atoms with van der Waals surface area (Å²) in [5, 5.41) is 34.7. The van der Waals surface area contributed by atoms with E-state index < -0.39 is 18.0 Å². The van der Waals surface area contributed by atoms with E-state index in [2.05, 4.69) is 10.3 Å². The van der Waals surface area contributed by atoms with Crippen LogP contribution in [-0.2, 0) is 9.59 Å². The number of hydrogen-bond donors (Lipinski definition) is 4. The van der Waals surface area contributed by atoms with Gasteiger partial charge < -0.3 is 30.4 Å². The van der Waals surface area contributed by atoms with Crippen molar-refractivity contribution in [3.05, 3.63) is 21.7 Å². The molecule has 2 saturated heterocycles. The van der Waals surface area contributed by atoms with Crippen LogP contribution in [0.1, 0.15) is 44.6 Å². The lowest BCUT2D eigenvalue weighted by atomic mass is 9.79. The maximum atomic E-state index is 12.6.